The van der Waals surface area contributed by atoms with E-state index in [0.29, 0.717) is 23.1 Å². The van der Waals surface area contributed by atoms with Gasteiger partial charge in [-0.3, -0.25) is 4.79 Å². The molecule has 0 amide bonds. The lowest BCUT2D eigenvalue weighted by Gasteiger charge is -2.13. The van der Waals surface area contributed by atoms with Crippen molar-refractivity contribution in [3.63, 3.8) is 0 Å². The molecule has 0 aliphatic heterocycles. The average molecular weight is 294 g/mol. The van der Waals surface area contributed by atoms with Crippen LogP contribution in [-0.4, -0.2) is 34.8 Å². The summed E-state index contributed by atoms with van der Waals surface area (Å²) < 4.78 is 0. The van der Waals surface area contributed by atoms with Gasteiger partial charge >= 0.3 is 0 Å². The number of nitrogens with zero attached hydrogens (tertiary/aromatic N) is 3. The van der Waals surface area contributed by atoms with E-state index in [1.165, 1.54) is 0 Å². The largest absolute Gasteiger partial charge is 0.378 e. The second-order valence-corrected chi connectivity index (χ2v) is 5.38. The second-order valence-electron chi connectivity index (χ2n) is 5.38. The lowest BCUT2D eigenvalue weighted by molar-refractivity contribution is 0.0989. The van der Waals surface area contributed by atoms with Gasteiger partial charge in [-0.1, -0.05) is 19.1 Å². The van der Waals surface area contributed by atoms with Gasteiger partial charge in [-0.2, -0.15) is 0 Å². The molecule has 0 atom stereocenters. The van der Waals surface area contributed by atoms with Crippen molar-refractivity contribution in [2.24, 2.45) is 0 Å². The van der Waals surface area contributed by atoms with Gasteiger partial charge in [0.05, 0.1) is 17.5 Å². The lowest BCUT2D eigenvalue weighted by Crippen LogP contribution is -2.08. The Kier molecular flexibility index (Phi) is 3.63. The molecule has 2 heterocycles. The van der Waals surface area contributed by atoms with Crippen molar-refractivity contribution in [1.82, 2.24) is 15.0 Å². The molecule has 0 spiro atoms. The fraction of sp³-hybridized carbons (Fsp3) is 0.235. The first-order chi connectivity index (χ1) is 10.6. The van der Waals surface area contributed by atoms with Crippen molar-refractivity contribution in [3.05, 3.63) is 42.2 Å². The number of carbonyl (C=O) groups is 1. The minimum atomic E-state index is 0.0692. The van der Waals surface area contributed by atoms with E-state index < -0.39 is 0 Å². The Hall–Kier alpha value is -2.69. The SMILES string of the molecule is CCC(=O)c1c[nH]c2ncc(-c3cccc(N(C)C)c3)nc12. The summed E-state index contributed by atoms with van der Waals surface area (Å²) in [5.74, 6) is 0.0692. The minimum absolute atomic E-state index is 0.0692. The molecule has 0 radical (unpaired) electrons. The molecule has 22 heavy (non-hydrogen) atoms. The summed E-state index contributed by atoms with van der Waals surface area (Å²) in [5, 5.41) is 0. The molecule has 1 aromatic carbocycles. The van der Waals surface area contributed by atoms with Gasteiger partial charge in [0, 0.05) is 38.0 Å². The fourth-order valence-corrected chi connectivity index (χ4v) is 2.38. The van der Waals surface area contributed by atoms with Crippen molar-refractivity contribution in [2.75, 3.05) is 19.0 Å². The third kappa shape index (κ3) is 2.45. The summed E-state index contributed by atoms with van der Waals surface area (Å²) in [6.45, 7) is 1.85. The number of aromatic amines is 1. The van der Waals surface area contributed by atoms with Crippen molar-refractivity contribution in [3.8, 4) is 11.3 Å². The van der Waals surface area contributed by atoms with Crippen LogP contribution in [0.25, 0.3) is 22.4 Å². The molecule has 0 fully saturated rings. The zero-order chi connectivity index (χ0) is 15.7. The third-order valence-electron chi connectivity index (χ3n) is 3.66. The maximum atomic E-state index is 12.0. The van der Waals surface area contributed by atoms with E-state index in [2.05, 4.69) is 21.0 Å². The quantitative estimate of drug-likeness (QED) is 0.750. The highest BCUT2D eigenvalue weighted by Gasteiger charge is 2.13. The van der Waals surface area contributed by atoms with Gasteiger partial charge in [0.1, 0.15) is 5.52 Å². The summed E-state index contributed by atoms with van der Waals surface area (Å²) in [4.78, 5) is 26.1. The van der Waals surface area contributed by atoms with Gasteiger partial charge in [0.2, 0.25) is 0 Å². The van der Waals surface area contributed by atoms with E-state index in [-0.39, 0.29) is 5.78 Å². The molecule has 2 aromatic heterocycles. The number of ketones is 1. The number of aromatic nitrogens is 3. The van der Waals surface area contributed by atoms with Crippen molar-refractivity contribution in [2.45, 2.75) is 13.3 Å². The van der Waals surface area contributed by atoms with Crippen LogP contribution in [0.5, 0.6) is 0 Å². The Balaban J connectivity index is 2.12. The van der Waals surface area contributed by atoms with E-state index in [9.17, 15) is 4.79 Å². The number of hydrogen-bond acceptors (Lipinski definition) is 4. The smallest absolute Gasteiger partial charge is 0.166 e. The Morgan fingerprint density at radius 2 is 2.14 bits per heavy atom. The van der Waals surface area contributed by atoms with Crippen LogP contribution in [0.4, 0.5) is 5.69 Å². The second kappa shape index (κ2) is 5.60. The maximum Gasteiger partial charge on any atom is 0.166 e. The predicted octanol–water partition coefficient (Wildman–Crippen LogP) is 3.28. The first-order valence-electron chi connectivity index (χ1n) is 7.25. The van der Waals surface area contributed by atoms with E-state index in [1.807, 2.05) is 44.1 Å². The van der Waals surface area contributed by atoms with Gasteiger partial charge in [0.25, 0.3) is 0 Å². The Morgan fingerprint density at radius 3 is 2.86 bits per heavy atom. The molecule has 3 rings (SSSR count). The zero-order valence-electron chi connectivity index (χ0n) is 12.9. The topological polar surface area (TPSA) is 61.9 Å². The monoisotopic (exact) mass is 294 g/mol. The number of carbonyl (C=O) groups excluding carboxylic acids is 1. The minimum Gasteiger partial charge on any atom is -0.378 e. The van der Waals surface area contributed by atoms with Crippen LogP contribution in [0.1, 0.15) is 23.7 Å². The van der Waals surface area contributed by atoms with Crippen LogP contribution in [0, 0.1) is 0 Å². The molecule has 0 bridgehead atoms. The Morgan fingerprint density at radius 1 is 1.32 bits per heavy atom. The standard InChI is InChI=1S/C17H18N4O/c1-4-15(22)13-9-18-17-16(13)20-14(10-19-17)11-6-5-7-12(8-11)21(2)3/h5-10H,4H2,1-3H3,(H,18,19). The Labute approximate surface area is 129 Å². The van der Waals surface area contributed by atoms with Gasteiger partial charge in [-0.15, -0.1) is 0 Å². The summed E-state index contributed by atoms with van der Waals surface area (Å²) in [7, 11) is 4.00. The van der Waals surface area contributed by atoms with Crippen molar-refractivity contribution < 1.29 is 4.79 Å². The lowest BCUT2D eigenvalue weighted by atomic mass is 10.1. The number of rotatable bonds is 4. The number of anilines is 1. The summed E-state index contributed by atoms with van der Waals surface area (Å²) in [6.07, 6.45) is 3.87. The van der Waals surface area contributed by atoms with Gasteiger partial charge < -0.3 is 9.88 Å². The van der Waals surface area contributed by atoms with E-state index >= 15 is 0 Å². The normalized spacial score (nSPS) is 10.9. The van der Waals surface area contributed by atoms with Crippen molar-refractivity contribution >= 4 is 22.6 Å². The number of fused-ring (bicyclic) bond motifs is 1. The van der Waals surface area contributed by atoms with Crippen LogP contribution in [0.15, 0.2) is 36.7 Å². The first kappa shape index (κ1) is 14.3. The van der Waals surface area contributed by atoms with Crippen LogP contribution in [0.3, 0.4) is 0 Å². The maximum absolute atomic E-state index is 12.0. The average Bonchev–Trinajstić information content (AvgIpc) is 2.97. The third-order valence-corrected chi connectivity index (χ3v) is 3.66. The van der Waals surface area contributed by atoms with Crippen molar-refractivity contribution in [1.29, 1.82) is 0 Å². The summed E-state index contributed by atoms with van der Waals surface area (Å²) in [6, 6.07) is 8.09. The highest BCUT2D eigenvalue weighted by Crippen LogP contribution is 2.24. The molecule has 0 aliphatic rings. The molecular weight excluding hydrogens is 276 g/mol. The Bertz CT molecular complexity index is 836. The number of nitrogens with one attached hydrogen (secondary N) is 1. The van der Waals surface area contributed by atoms with Crippen LogP contribution >= 0.6 is 0 Å². The highest BCUT2D eigenvalue weighted by molar-refractivity contribution is 6.05. The molecule has 1 N–H and O–H groups in total. The molecule has 0 saturated heterocycles. The molecule has 3 aromatic rings. The number of H-pyrrole nitrogens is 1. The summed E-state index contributed by atoms with van der Waals surface area (Å²) in [5.41, 5.74) is 4.73. The molecular formula is C17H18N4O. The van der Waals surface area contributed by atoms with E-state index in [1.54, 1.807) is 12.4 Å². The predicted molar refractivity (Wildman–Crippen MR) is 88.3 cm³/mol. The number of benzene rings is 1. The highest BCUT2D eigenvalue weighted by atomic mass is 16.1. The number of hydrogen-bond donors (Lipinski definition) is 1. The molecule has 0 unspecified atom stereocenters. The van der Waals surface area contributed by atoms with E-state index in [4.69, 9.17) is 0 Å². The molecule has 112 valence electrons. The van der Waals surface area contributed by atoms with Crippen LogP contribution in [0.2, 0.25) is 0 Å². The van der Waals surface area contributed by atoms with Gasteiger partial charge in [-0.25, -0.2) is 9.97 Å². The fourth-order valence-electron chi connectivity index (χ4n) is 2.38. The van der Waals surface area contributed by atoms with Crippen LogP contribution in [-0.2, 0) is 0 Å². The molecule has 0 aliphatic carbocycles. The molecule has 0 saturated carbocycles. The number of Topliss-reactive ketones (excluding diaryl/α,β-unsaturated/α-hetero) is 1. The van der Waals surface area contributed by atoms with Gasteiger partial charge in [0.15, 0.2) is 11.4 Å². The first-order valence-corrected chi connectivity index (χ1v) is 7.25. The summed E-state index contributed by atoms with van der Waals surface area (Å²) >= 11 is 0. The van der Waals surface area contributed by atoms with Crippen LogP contribution < -0.4 is 4.90 Å². The van der Waals surface area contributed by atoms with Gasteiger partial charge in [-0.05, 0) is 12.1 Å². The van der Waals surface area contributed by atoms with E-state index in [0.717, 1.165) is 16.9 Å². The zero-order valence-corrected chi connectivity index (χ0v) is 12.9. The molecule has 5 nitrogen and oxygen atoms in total. The molecule has 5 heteroatoms.